The number of carbonyl (C=O) groups excluding carboxylic acids is 1. The number of H-pyrrole nitrogens is 1. The third-order valence-electron chi connectivity index (χ3n) is 3.84. The quantitative estimate of drug-likeness (QED) is 0.927. The van der Waals surface area contributed by atoms with Gasteiger partial charge in [-0.1, -0.05) is 6.07 Å². The fourth-order valence-electron chi connectivity index (χ4n) is 2.57. The molecule has 5 nitrogen and oxygen atoms in total. The van der Waals surface area contributed by atoms with E-state index in [-0.39, 0.29) is 5.91 Å². The molecule has 5 heteroatoms. The van der Waals surface area contributed by atoms with Crippen LogP contribution in [-0.4, -0.2) is 29.5 Å². The van der Waals surface area contributed by atoms with Gasteiger partial charge in [-0.2, -0.15) is 0 Å². The minimum Gasteiger partial charge on any atom is -0.365 e. The maximum absolute atomic E-state index is 11.5. The Labute approximate surface area is 118 Å². The van der Waals surface area contributed by atoms with Gasteiger partial charge in [0.05, 0.1) is 18.6 Å². The van der Waals surface area contributed by atoms with Crippen LogP contribution in [-0.2, 0) is 17.8 Å². The number of benzene rings is 1. The Morgan fingerprint density at radius 2 is 2.35 bits per heavy atom. The standard InChI is InChI=1S/C15H18N4O/c1-11(20)18(2)14-4-3-12-5-6-19(15(12)7-14)9-13-8-16-10-17-13/h3-4,7-8,10H,5-6,9H2,1-2H3,(H,16,17). The van der Waals surface area contributed by atoms with Crippen molar-refractivity contribution in [2.24, 2.45) is 0 Å². The van der Waals surface area contributed by atoms with Crippen LogP contribution in [0.2, 0.25) is 0 Å². The first-order chi connectivity index (χ1) is 9.65. The van der Waals surface area contributed by atoms with Gasteiger partial charge < -0.3 is 14.8 Å². The molecule has 1 aromatic carbocycles. The van der Waals surface area contributed by atoms with Crippen molar-refractivity contribution in [2.75, 3.05) is 23.4 Å². The van der Waals surface area contributed by atoms with E-state index >= 15 is 0 Å². The van der Waals surface area contributed by atoms with E-state index in [4.69, 9.17) is 0 Å². The molecule has 104 valence electrons. The van der Waals surface area contributed by atoms with Crippen LogP contribution in [0, 0.1) is 0 Å². The SMILES string of the molecule is CC(=O)N(C)c1ccc2c(c1)N(Cc1cnc[nH]1)CC2. The fourth-order valence-corrected chi connectivity index (χ4v) is 2.57. The van der Waals surface area contributed by atoms with Gasteiger partial charge in [-0.15, -0.1) is 0 Å². The minimum absolute atomic E-state index is 0.0445. The summed E-state index contributed by atoms with van der Waals surface area (Å²) >= 11 is 0. The van der Waals surface area contributed by atoms with E-state index in [1.807, 2.05) is 12.3 Å². The van der Waals surface area contributed by atoms with E-state index in [1.165, 1.54) is 11.3 Å². The molecule has 2 heterocycles. The van der Waals surface area contributed by atoms with Crippen molar-refractivity contribution >= 4 is 17.3 Å². The highest BCUT2D eigenvalue weighted by Crippen LogP contribution is 2.32. The van der Waals surface area contributed by atoms with Crippen molar-refractivity contribution in [1.82, 2.24) is 9.97 Å². The maximum atomic E-state index is 11.5. The Hall–Kier alpha value is -2.30. The fraction of sp³-hybridized carbons (Fsp3) is 0.333. The predicted octanol–water partition coefficient (Wildman–Crippen LogP) is 1.96. The number of aromatic amines is 1. The summed E-state index contributed by atoms with van der Waals surface area (Å²) in [5.74, 6) is 0.0445. The summed E-state index contributed by atoms with van der Waals surface area (Å²) in [7, 11) is 1.80. The summed E-state index contributed by atoms with van der Waals surface area (Å²) in [4.78, 5) is 22.7. The van der Waals surface area contributed by atoms with Gasteiger partial charge in [0.25, 0.3) is 0 Å². The summed E-state index contributed by atoms with van der Waals surface area (Å²) in [5, 5.41) is 0. The smallest absolute Gasteiger partial charge is 0.223 e. The van der Waals surface area contributed by atoms with Gasteiger partial charge >= 0.3 is 0 Å². The van der Waals surface area contributed by atoms with Crippen molar-refractivity contribution in [2.45, 2.75) is 19.9 Å². The van der Waals surface area contributed by atoms with Crippen molar-refractivity contribution in [3.05, 3.63) is 42.0 Å². The van der Waals surface area contributed by atoms with Crippen LogP contribution < -0.4 is 9.80 Å². The Morgan fingerprint density at radius 3 is 3.05 bits per heavy atom. The zero-order valence-electron chi connectivity index (χ0n) is 11.8. The number of nitrogens with one attached hydrogen (secondary N) is 1. The average molecular weight is 270 g/mol. The van der Waals surface area contributed by atoms with Crippen molar-refractivity contribution in [3.8, 4) is 0 Å². The summed E-state index contributed by atoms with van der Waals surface area (Å²) < 4.78 is 0. The first-order valence-corrected chi connectivity index (χ1v) is 6.74. The molecule has 3 rings (SSSR count). The molecule has 0 radical (unpaired) electrons. The van der Waals surface area contributed by atoms with Crippen molar-refractivity contribution in [1.29, 1.82) is 0 Å². The molecule has 0 fully saturated rings. The number of hydrogen-bond donors (Lipinski definition) is 1. The number of fused-ring (bicyclic) bond motifs is 1. The summed E-state index contributed by atoms with van der Waals surface area (Å²) in [6.07, 6.45) is 4.60. The number of anilines is 2. The van der Waals surface area contributed by atoms with Crippen LogP contribution in [0.15, 0.2) is 30.7 Å². The predicted molar refractivity (Wildman–Crippen MR) is 78.9 cm³/mol. The van der Waals surface area contributed by atoms with Crippen LogP contribution in [0.4, 0.5) is 11.4 Å². The maximum Gasteiger partial charge on any atom is 0.223 e. The molecular weight excluding hydrogens is 252 g/mol. The molecule has 2 aromatic rings. The minimum atomic E-state index is 0.0445. The lowest BCUT2D eigenvalue weighted by Gasteiger charge is -2.21. The first-order valence-electron chi connectivity index (χ1n) is 6.74. The second-order valence-electron chi connectivity index (χ2n) is 5.14. The number of rotatable bonds is 3. The molecule has 20 heavy (non-hydrogen) atoms. The molecule has 1 aromatic heterocycles. The molecule has 1 amide bonds. The normalized spacial score (nSPS) is 13.4. The number of imidazole rings is 1. The monoisotopic (exact) mass is 270 g/mol. The van der Waals surface area contributed by atoms with Crippen molar-refractivity contribution < 1.29 is 4.79 Å². The second kappa shape index (κ2) is 5.00. The van der Waals surface area contributed by atoms with Crippen LogP contribution in [0.1, 0.15) is 18.2 Å². The number of amides is 1. The molecule has 0 saturated heterocycles. The molecule has 0 saturated carbocycles. The Kier molecular flexibility index (Phi) is 3.18. The van der Waals surface area contributed by atoms with E-state index in [1.54, 1.807) is 25.2 Å². The van der Waals surface area contributed by atoms with Gasteiger partial charge in [0.1, 0.15) is 0 Å². The van der Waals surface area contributed by atoms with Gasteiger partial charge in [0.2, 0.25) is 5.91 Å². The van der Waals surface area contributed by atoms with Crippen LogP contribution in [0.5, 0.6) is 0 Å². The van der Waals surface area contributed by atoms with Crippen LogP contribution >= 0.6 is 0 Å². The van der Waals surface area contributed by atoms with Gasteiger partial charge in [-0.25, -0.2) is 4.98 Å². The van der Waals surface area contributed by atoms with Crippen molar-refractivity contribution in [3.63, 3.8) is 0 Å². The third-order valence-corrected chi connectivity index (χ3v) is 3.84. The van der Waals surface area contributed by atoms with Crippen LogP contribution in [0.25, 0.3) is 0 Å². The molecule has 1 aliphatic rings. The Bertz CT molecular complexity index is 621. The lowest BCUT2D eigenvalue weighted by atomic mass is 10.1. The molecule has 0 bridgehead atoms. The number of aromatic nitrogens is 2. The highest BCUT2D eigenvalue weighted by Gasteiger charge is 2.21. The van der Waals surface area contributed by atoms with Gasteiger partial charge in [-0.3, -0.25) is 4.79 Å². The lowest BCUT2D eigenvalue weighted by molar-refractivity contribution is -0.116. The van der Waals surface area contributed by atoms with Crippen LogP contribution in [0.3, 0.4) is 0 Å². The summed E-state index contributed by atoms with van der Waals surface area (Å²) in [6.45, 7) is 3.40. The molecule has 0 unspecified atom stereocenters. The Balaban J connectivity index is 1.87. The van der Waals surface area contributed by atoms with Gasteiger partial charge in [0, 0.05) is 38.1 Å². The number of nitrogens with zero attached hydrogens (tertiary/aromatic N) is 3. The lowest BCUT2D eigenvalue weighted by Crippen LogP contribution is -2.23. The molecule has 0 aliphatic carbocycles. The zero-order chi connectivity index (χ0) is 14.1. The van der Waals surface area contributed by atoms with E-state index in [2.05, 4.69) is 27.0 Å². The third kappa shape index (κ3) is 2.27. The molecule has 0 spiro atoms. The van der Waals surface area contributed by atoms with E-state index in [0.717, 1.165) is 30.9 Å². The highest BCUT2D eigenvalue weighted by atomic mass is 16.2. The Morgan fingerprint density at radius 1 is 1.50 bits per heavy atom. The average Bonchev–Trinajstić information content (AvgIpc) is 3.08. The number of hydrogen-bond acceptors (Lipinski definition) is 3. The van der Waals surface area contributed by atoms with E-state index in [0.29, 0.717) is 0 Å². The molecule has 1 N–H and O–H groups in total. The molecule has 1 aliphatic heterocycles. The van der Waals surface area contributed by atoms with E-state index in [9.17, 15) is 4.79 Å². The zero-order valence-corrected chi connectivity index (χ0v) is 11.8. The van der Waals surface area contributed by atoms with E-state index < -0.39 is 0 Å². The largest absolute Gasteiger partial charge is 0.365 e. The molecular formula is C15H18N4O. The second-order valence-corrected chi connectivity index (χ2v) is 5.14. The summed E-state index contributed by atoms with van der Waals surface area (Å²) in [6, 6.07) is 6.23. The van der Waals surface area contributed by atoms with Gasteiger partial charge in [0.15, 0.2) is 0 Å². The molecule has 0 atom stereocenters. The topological polar surface area (TPSA) is 52.2 Å². The van der Waals surface area contributed by atoms with Gasteiger partial charge in [-0.05, 0) is 24.1 Å². The number of carbonyl (C=O) groups is 1. The first kappa shape index (κ1) is 12.7. The summed E-state index contributed by atoms with van der Waals surface area (Å²) in [5.41, 5.74) is 4.59. The highest BCUT2D eigenvalue weighted by molar-refractivity contribution is 5.91.